The molecule has 3 heterocycles. The maximum atomic E-state index is 12.6. The Morgan fingerprint density at radius 1 is 1.28 bits per heavy atom. The number of amides is 1. The van der Waals surface area contributed by atoms with Gasteiger partial charge in [-0.1, -0.05) is 17.4 Å². The number of hydrogen-bond donors (Lipinski definition) is 1. The number of anilines is 1. The Hall–Kier alpha value is -3.11. The number of nitrogens with one attached hydrogen (secondary N) is 1. The highest BCUT2D eigenvalue weighted by Gasteiger charge is 2.22. The van der Waals surface area contributed by atoms with Crippen LogP contribution in [0.2, 0.25) is 0 Å². The maximum absolute atomic E-state index is 12.6. The first-order valence-corrected chi connectivity index (χ1v) is 10.5. The molecule has 4 rings (SSSR count). The third-order valence-corrected chi connectivity index (χ3v) is 6.41. The van der Waals surface area contributed by atoms with Crippen LogP contribution < -0.4 is 5.32 Å². The lowest BCUT2D eigenvalue weighted by molar-refractivity contribution is -0.386. The van der Waals surface area contributed by atoms with Crippen molar-refractivity contribution in [1.29, 1.82) is 0 Å². The van der Waals surface area contributed by atoms with Crippen LogP contribution in [0.25, 0.3) is 10.2 Å². The topological polar surface area (TPSA) is 103 Å². The van der Waals surface area contributed by atoms with E-state index in [1.807, 2.05) is 30.5 Å². The van der Waals surface area contributed by atoms with Crippen molar-refractivity contribution in [3.8, 4) is 0 Å². The highest BCUT2D eigenvalue weighted by Crippen LogP contribution is 2.28. The summed E-state index contributed by atoms with van der Waals surface area (Å²) >= 11 is 2.75. The van der Waals surface area contributed by atoms with E-state index in [0.717, 1.165) is 21.3 Å². The van der Waals surface area contributed by atoms with Crippen LogP contribution in [0.3, 0.4) is 0 Å². The second-order valence-electron chi connectivity index (χ2n) is 6.70. The molecule has 0 saturated heterocycles. The van der Waals surface area contributed by atoms with Crippen molar-refractivity contribution in [3.63, 3.8) is 0 Å². The molecule has 0 fully saturated rings. The molecule has 0 saturated carbocycles. The average molecular weight is 428 g/mol. The minimum Gasteiger partial charge on any atom is -0.297 e. The minimum atomic E-state index is -0.417. The molecule has 0 aliphatic rings. The van der Waals surface area contributed by atoms with Gasteiger partial charge < -0.3 is 0 Å². The molecule has 0 radical (unpaired) electrons. The van der Waals surface area contributed by atoms with E-state index < -0.39 is 4.92 Å². The molecule has 0 spiro atoms. The smallest absolute Gasteiger partial charge is 0.297 e. The average Bonchev–Trinajstić information content (AvgIpc) is 3.33. The monoisotopic (exact) mass is 427 g/mol. The molecule has 0 unspecified atom stereocenters. The van der Waals surface area contributed by atoms with E-state index in [-0.39, 0.29) is 11.6 Å². The van der Waals surface area contributed by atoms with Crippen molar-refractivity contribution in [2.24, 2.45) is 0 Å². The van der Waals surface area contributed by atoms with E-state index >= 15 is 0 Å². The van der Waals surface area contributed by atoms with Gasteiger partial charge in [0.2, 0.25) is 0 Å². The molecule has 0 aliphatic heterocycles. The number of aromatic nitrogens is 3. The Morgan fingerprint density at radius 2 is 2.07 bits per heavy atom. The number of thiazole rings is 1. The van der Waals surface area contributed by atoms with E-state index in [4.69, 9.17) is 0 Å². The fourth-order valence-electron chi connectivity index (χ4n) is 3.10. The predicted octanol–water partition coefficient (Wildman–Crippen LogP) is 4.69. The van der Waals surface area contributed by atoms with Gasteiger partial charge in [0.05, 0.1) is 26.6 Å². The van der Waals surface area contributed by atoms with E-state index in [9.17, 15) is 14.9 Å². The van der Waals surface area contributed by atoms with E-state index in [0.29, 0.717) is 27.9 Å². The van der Waals surface area contributed by atoms with Gasteiger partial charge in [-0.15, -0.1) is 11.3 Å². The highest BCUT2D eigenvalue weighted by atomic mass is 32.1. The molecule has 0 bridgehead atoms. The third kappa shape index (κ3) is 3.76. The molecule has 1 aromatic carbocycles. The largest absolute Gasteiger partial charge is 0.312 e. The van der Waals surface area contributed by atoms with E-state index in [2.05, 4.69) is 15.4 Å². The van der Waals surface area contributed by atoms with Crippen LogP contribution in [-0.2, 0) is 6.54 Å². The zero-order chi connectivity index (χ0) is 20.7. The number of fused-ring (bicyclic) bond motifs is 1. The second-order valence-corrected chi connectivity index (χ2v) is 8.64. The number of hydrogen-bond acceptors (Lipinski definition) is 7. The summed E-state index contributed by atoms with van der Waals surface area (Å²) < 4.78 is 2.62. The van der Waals surface area contributed by atoms with Crippen LogP contribution in [0.1, 0.15) is 32.2 Å². The van der Waals surface area contributed by atoms with Crippen LogP contribution in [0, 0.1) is 30.9 Å². The molecular formula is C19H17N5O3S2. The first-order chi connectivity index (χ1) is 13.8. The number of carbonyl (C=O) groups excluding carboxylic acids is 1. The molecule has 0 aliphatic carbocycles. The van der Waals surface area contributed by atoms with Crippen LogP contribution in [0.15, 0.2) is 29.6 Å². The van der Waals surface area contributed by atoms with Gasteiger partial charge in [-0.2, -0.15) is 5.10 Å². The van der Waals surface area contributed by atoms with Gasteiger partial charge in [-0.25, -0.2) is 4.98 Å². The molecule has 10 heteroatoms. The third-order valence-electron chi connectivity index (χ3n) is 4.50. The number of thiophene rings is 1. The lowest BCUT2D eigenvalue weighted by Gasteiger charge is -2.01. The summed E-state index contributed by atoms with van der Waals surface area (Å²) in [6.45, 7) is 5.67. The van der Waals surface area contributed by atoms with Gasteiger partial charge in [-0.3, -0.25) is 24.9 Å². The zero-order valence-corrected chi connectivity index (χ0v) is 17.6. The number of aryl methyl sites for hydroxylation is 2. The minimum absolute atomic E-state index is 0.0317. The number of nitrogens with zero attached hydrogens (tertiary/aromatic N) is 4. The standard InChI is InChI=1S/C19H17N5O3S2/c1-10-4-5-14-15(6-10)29-19(20-14)21-18(25)16-7-13(9-28-16)8-23-12(3)17(24(26)27)11(2)22-23/h4-7,9H,8H2,1-3H3,(H,20,21,25). The van der Waals surface area contributed by atoms with Gasteiger partial charge in [0.1, 0.15) is 11.4 Å². The van der Waals surface area contributed by atoms with Gasteiger partial charge in [0, 0.05) is 0 Å². The van der Waals surface area contributed by atoms with Gasteiger partial charge >= 0.3 is 5.69 Å². The van der Waals surface area contributed by atoms with Crippen LogP contribution >= 0.6 is 22.7 Å². The molecule has 4 aromatic rings. The highest BCUT2D eigenvalue weighted by molar-refractivity contribution is 7.22. The molecule has 1 N–H and O–H groups in total. The predicted molar refractivity (Wildman–Crippen MR) is 114 cm³/mol. The van der Waals surface area contributed by atoms with Gasteiger partial charge in [0.25, 0.3) is 5.91 Å². The van der Waals surface area contributed by atoms with Crippen LogP contribution in [0.4, 0.5) is 10.8 Å². The SMILES string of the molecule is Cc1ccc2nc(NC(=O)c3cc(Cn4nc(C)c([N+](=O)[O-])c4C)cs3)sc2c1. The van der Waals surface area contributed by atoms with E-state index in [1.165, 1.54) is 22.7 Å². The summed E-state index contributed by atoms with van der Waals surface area (Å²) in [6.07, 6.45) is 0. The summed E-state index contributed by atoms with van der Waals surface area (Å²) in [5.41, 5.74) is 3.77. The Bertz CT molecular complexity index is 1250. The Morgan fingerprint density at radius 3 is 2.79 bits per heavy atom. The van der Waals surface area contributed by atoms with Crippen LogP contribution in [0.5, 0.6) is 0 Å². The summed E-state index contributed by atoms with van der Waals surface area (Å²) in [5.74, 6) is -0.226. The molecule has 8 nitrogen and oxygen atoms in total. The molecule has 1 amide bonds. The van der Waals surface area contributed by atoms with Crippen molar-refractivity contribution in [2.75, 3.05) is 5.32 Å². The number of benzene rings is 1. The maximum Gasteiger partial charge on any atom is 0.312 e. The molecule has 0 atom stereocenters. The van der Waals surface area contributed by atoms with Crippen molar-refractivity contribution < 1.29 is 9.72 Å². The van der Waals surface area contributed by atoms with Crippen molar-refractivity contribution in [2.45, 2.75) is 27.3 Å². The first-order valence-electron chi connectivity index (χ1n) is 8.76. The Balaban J connectivity index is 1.50. The Kier molecular flexibility index (Phi) is 4.89. The molecule has 3 aromatic heterocycles. The number of nitro groups is 1. The van der Waals surface area contributed by atoms with Crippen molar-refractivity contribution in [3.05, 3.63) is 67.2 Å². The number of rotatable bonds is 5. The fraction of sp³-hybridized carbons (Fsp3) is 0.211. The number of carbonyl (C=O) groups is 1. The zero-order valence-electron chi connectivity index (χ0n) is 15.9. The summed E-state index contributed by atoms with van der Waals surface area (Å²) in [6, 6.07) is 7.75. The van der Waals surface area contributed by atoms with Crippen molar-refractivity contribution >= 4 is 49.6 Å². The van der Waals surface area contributed by atoms with Gasteiger partial charge in [-0.05, 0) is 55.5 Å². The van der Waals surface area contributed by atoms with Crippen molar-refractivity contribution in [1.82, 2.24) is 14.8 Å². The first kappa shape index (κ1) is 19.2. The van der Waals surface area contributed by atoms with E-state index in [1.54, 1.807) is 24.6 Å². The Labute approximate surface area is 174 Å². The lowest BCUT2D eigenvalue weighted by atomic mass is 10.2. The molecular weight excluding hydrogens is 410 g/mol. The summed E-state index contributed by atoms with van der Waals surface area (Å²) in [7, 11) is 0. The summed E-state index contributed by atoms with van der Waals surface area (Å²) in [4.78, 5) is 28.3. The van der Waals surface area contributed by atoms with Crippen LogP contribution in [-0.4, -0.2) is 25.6 Å². The second kappa shape index (κ2) is 7.37. The van der Waals surface area contributed by atoms with Gasteiger partial charge in [0.15, 0.2) is 5.13 Å². The summed E-state index contributed by atoms with van der Waals surface area (Å²) in [5, 5.41) is 20.7. The fourth-order valence-corrected chi connectivity index (χ4v) is 4.86. The quantitative estimate of drug-likeness (QED) is 0.368. The molecule has 29 heavy (non-hydrogen) atoms. The lowest BCUT2D eigenvalue weighted by Crippen LogP contribution is -2.10. The molecule has 148 valence electrons. The normalized spacial score (nSPS) is 11.1.